The maximum atomic E-state index is 8.78. The fourth-order valence-electron chi connectivity index (χ4n) is 1.60. The fourth-order valence-corrected chi connectivity index (χ4v) is 1.60. The number of aliphatic hydroxyl groups is 1. The van der Waals surface area contributed by atoms with Gasteiger partial charge < -0.3 is 20.3 Å². The summed E-state index contributed by atoms with van der Waals surface area (Å²) in [6, 6.07) is 5.41. The van der Waals surface area contributed by atoms with Gasteiger partial charge in [-0.3, -0.25) is 0 Å². The van der Waals surface area contributed by atoms with Gasteiger partial charge in [0.05, 0.1) is 14.2 Å². The first-order valence-corrected chi connectivity index (χ1v) is 5.31. The fraction of sp³-hybridized carbons (Fsp3) is 0.500. The summed E-state index contributed by atoms with van der Waals surface area (Å²) >= 11 is 0. The van der Waals surface area contributed by atoms with Crippen LogP contribution in [0, 0.1) is 0 Å². The molecule has 0 saturated carbocycles. The van der Waals surface area contributed by atoms with E-state index < -0.39 is 0 Å². The monoisotopic (exact) mass is 261 g/mol. The Labute approximate surface area is 108 Å². The van der Waals surface area contributed by atoms with Crippen LogP contribution in [0.1, 0.15) is 24.4 Å². The topological polar surface area (TPSA) is 64.7 Å². The van der Waals surface area contributed by atoms with Gasteiger partial charge in [-0.05, 0) is 31.0 Å². The van der Waals surface area contributed by atoms with E-state index in [1.54, 1.807) is 14.2 Å². The Bertz CT molecular complexity index is 334. The summed E-state index contributed by atoms with van der Waals surface area (Å²) in [5, 5.41) is 8.78. The number of benzene rings is 1. The van der Waals surface area contributed by atoms with Gasteiger partial charge in [0.25, 0.3) is 0 Å². The van der Waals surface area contributed by atoms with E-state index in [2.05, 4.69) is 0 Å². The molecule has 0 aliphatic rings. The lowest BCUT2D eigenvalue weighted by Crippen LogP contribution is -2.12. The van der Waals surface area contributed by atoms with E-state index in [1.807, 2.05) is 18.2 Å². The van der Waals surface area contributed by atoms with Crippen LogP contribution in [0.25, 0.3) is 0 Å². The SMILES string of the molecule is COc1ccc(OC)c([C@@H](N)CCCO)c1.Cl. The lowest BCUT2D eigenvalue weighted by Gasteiger charge is -2.16. The summed E-state index contributed by atoms with van der Waals surface area (Å²) in [7, 11) is 3.23. The van der Waals surface area contributed by atoms with Crippen molar-refractivity contribution in [1.29, 1.82) is 0 Å². The lowest BCUT2D eigenvalue weighted by atomic mass is 10.0. The predicted molar refractivity (Wildman–Crippen MR) is 70.0 cm³/mol. The van der Waals surface area contributed by atoms with Crippen molar-refractivity contribution in [2.75, 3.05) is 20.8 Å². The molecule has 0 amide bonds. The molecule has 4 nitrogen and oxygen atoms in total. The summed E-state index contributed by atoms with van der Waals surface area (Å²) in [5.41, 5.74) is 6.95. The Balaban J connectivity index is 0.00000256. The zero-order valence-corrected chi connectivity index (χ0v) is 11.0. The number of hydrogen-bond acceptors (Lipinski definition) is 4. The van der Waals surface area contributed by atoms with E-state index in [-0.39, 0.29) is 25.1 Å². The molecule has 0 saturated heterocycles. The van der Waals surface area contributed by atoms with E-state index in [0.29, 0.717) is 6.42 Å². The molecule has 0 heterocycles. The summed E-state index contributed by atoms with van der Waals surface area (Å²) in [4.78, 5) is 0. The number of hydrogen-bond donors (Lipinski definition) is 2. The Morgan fingerprint density at radius 3 is 2.53 bits per heavy atom. The van der Waals surface area contributed by atoms with Crippen molar-refractivity contribution in [2.45, 2.75) is 18.9 Å². The van der Waals surface area contributed by atoms with Crippen LogP contribution in [0.5, 0.6) is 11.5 Å². The van der Waals surface area contributed by atoms with Gasteiger partial charge in [0, 0.05) is 18.2 Å². The molecule has 1 aromatic rings. The first-order valence-electron chi connectivity index (χ1n) is 5.31. The molecule has 98 valence electrons. The molecular weight excluding hydrogens is 242 g/mol. The summed E-state index contributed by atoms with van der Waals surface area (Å²) in [6.07, 6.45) is 1.40. The van der Waals surface area contributed by atoms with E-state index in [0.717, 1.165) is 23.5 Å². The second kappa shape index (κ2) is 8.17. The summed E-state index contributed by atoms with van der Waals surface area (Å²) < 4.78 is 10.4. The smallest absolute Gasteiger partial charge is 0.123 e. The van der Waals surface area contributed by atoms with Gasteiger partial charge in [0.1, 0.15) is 11.5 Å². The highest BCUT2D eigenvalue weighted by Crippen LogP contribution is 2.30. The van der Waals surface area contributed by atoms with Crippen molar-refractivity contribution in [1.82, 2.24) is 0 Å². The molecule has 1 atom stereocenters. The average molecular weight is 262 g/mol. The summed E-state index contributed by atoms with van der Waals surface area (Å²) in [6.45, 7) is 0.153. The van der Waals surface area contributed by atoms with Gasteiger partial charge in [0.15, 0.2) is 0 Å². The Morgan fingerprint density at radius 2 is 2.00 bits per heavy atom. The van der Waals surface area contributed by atoms with Crippen molar-refractivity contribution >= 4 is 12.4 Å². The third-order valence-electron chi connectivity index (χ3n) is 2.51. The third-order valence-corrected chi connectivity index (χ3v) is 2.51. The first kappa shape index (κ1) is 16.0. The molecule has 0 fully saturated rings. The van der Waals surface area contributed by atoms with Crippen LogP contribution in [0.15, 0.2) is 18.2 Å². The minimum Gasteiger partial charge on any atom is -0.497 e. The lowest BCUT2D eigenvalue weighted by molar-refractivity contribution is 0.279. The van der Waals surface area contributed by atoms with E-state index in [1.165, 1.54) is 0 Å². The van der Waals surface area contributed by atoms with Crippen LogP contribution >= 0.6 is 12.4 Å². The quantitative estimate of drug-likeness (QED) is 0.821. The molecule has 0 unspecified atom stereocenters. The van der Waals surface area contributed by atoms with Crippen molar-refractivity contribution in [2.24, 2.45) is 5.73 Å². The van der Waals surface area contributed by atoms with Crippen LogP contribution in [0.2, 0.25) is 0 Å². The molecule has 5 heteroatoms. The van der Waals surface area contributed by atoms with Gasteiger partial charge in [-0.15, -0.1) is 12.4 Å². The van der Waals surface area contributed by atoms with Crippen LogP contribution in [-0.4, -0.2) is 25.9 Å². The molecule has 1 rings (SSSR count). The first-order chi connectivity index (χ1) is 7.72. The number of methoxy groups -OCH3 is 2. The molecule has 0 spiro atoms. The average Bonchev–Trinajstić information content (AvgIpc) is 2.35. The van der Waals surface area contributed by atoms with Crippen LogP contribution in [0.3, 0.4) is 0 Å². The minimum atomic E-state index is -0.141. The second-order valence-electron chi connectivity index (χ2n) is 3.58. The number of ether oxygens (including phenoxy) is 2. The van der Waals surface area contributed by atoms with Crippen LogP contribution in [-0.2, 0) is 0 Å². The Hall–Kier alpha value is -0.970. The number of rotatable bonds is 6. The Kier molecular flexibility index (Phi) is 7.70. The second-order valence-corrected chi connectivity index (χ2v) is 3.58. The van der Waals surface area contributed by atoms with Crippen molar-refractivity contribution in [3.63, 3.8) is 0 Å². The molecular formula is C12H20ClNO3. The maximum absolute atomic E-state index is 8.78. The minimum absolute atomic E-state index is 0. The highest BCUT2D eigenvalue weighted by Gasteiger charge is 2.12. The van der Waals surface area contributed by atoms with Crippen molar-refractivity contribution in [3.8, 4) is 11.5 Å². The molecule has 0 radical (unpaired) electrons. The molecule has 1 aromatic carbocycles. The molecule has 0 aliphatic carbocycles. The molecule has 0 aromatic heterocycles. The zero-order chi connectivity index (χ0) is 12.0. The van der Waals surface area contributed by atoms with Crippen molar-refractivity contribution < 1.29 is 14.6 Å². The van der Waals surface area contributed by atoms with E-state index in [4.69, 9.17) is 20.3 Å². The predicted octanol–water partition coefficient (Wildman–Crippen LogP) is 1.90. The zero-order valence-electron chi connectivity index (χ0n) is 10.2. The van der Waals surface area contributed by atoms with E-state index in [9.17, 15) is 0 Å². The number of halogens is 1. The highest BCUT2D eigenvalue weighted by molar-refractivity contribution is 5.85. The number of nitrogens with two attached hydrogens (primary N) is 1. The highest BCUT2D eigenvalue weighted by atomic mass is 35.5. The molecule has 3 N–H and O–H groups in total. The Morgan fingerprint density at radius 1 is 1.29 bits per heavy atom. The van der Waals surface area contributed by atoms with Gasteiger partial charge >= 0.3 is 0 Å². The molecule has 0 aliphatic heterocycles. The largest absolute Gasteiger partial charge is 0.497 e. The van der Waals surface area contributed by atoms with Gasteiger partial charge in [-0.2, -0.15) is 0 Å². The van der Waals surface area contributed by atoms with Crippen molar-refractivity contribution in [3.05, 3.63) is 23.8 Å². The van der Waals surface area contributed by atoms with Crippen LogP contribution < -0.4 is 15.2 Å². The molecule has 17 heavy (non-hydrogen) atoms. The molecule has 0 bridgehead atoms. The standard InChI is InChI=1S/C12H19NO3.ClH/c1-15-9-5-6-12(16-2)10(8-9)11(13)4-3-7-14;/h5-6,8,11,14H,3-4,7,13H2,1-2H3;1H/t11-;/m0./s1. The summed E-state index contributed by atoms with van der Waals surface area (Å²) in [5.74, 6) is 1.52. The van der Waals surface area contributed by atoms with E-state index >= 15 is 0 Å². The third kappa shape index (κ3) is 4.42. The number of aliphatic hydroxyl groups excluding tert-OH is 1. The van der Waals surface area contributed by atoms with Gasteiger partial charge in [-0.1, -0.05) is 0 Å². The van der Waals surface area contributed by atoms with Crippen LogP contribution in [0.4, 0.5) is 0 Å². The maximum Gasteiger partial charge on any atom is 0.123 e. The van der Waals surface area contributed by atoms with Gasteiger partial charge in [-0.25, -0.2) is 0 Å². The van der Waals surface area contributed by atoms with Gasteiger partial charge in [0.2, 0.25) is 0 Å². The normalized spacial score (nSPS) is 11.5.